The van der Waals surface area contributed by atoms with Crippen LogP contribution in [0.25, 0.3) is 0 Å². The largest absolute Gasteiger partial charge is 0.508 e. The number of halogens is 1. The van der Waals surface area contributed by atoms with E-state index >= 15 is 0 Å². The number of dihydropyridines is 1. The number of hydrogen-bond acceptors (Lipinski definition) is 6. The molecule has 0 fully saturated rings. The van der Waals surface area contributed by atoms with Gasteiger partial charge >= 0.3 is 5.97 Å². The highest BCUT2D eigenvalue weighted by atomic mass is 35.5. The quantitative estimate of drug-likeness (QED) is 0.372. The maximum absolute atomic E-state index is 13.8. The molecule has 0 bridgehead atoms. The number of hydrogen-bond donors (Lipinski definition) is 2. The predicted octanol–water partition coefficient (Wildman–Crippen LogP) is 6.16. The molecule has 0 saturated heterocycles. The normalized spacial score (nSPS) is 19.1. The van der Waals surface area contributed by atoms with E-state index in [1.165, 1.54) is 0 Å². The first-order chi connectivity index (χ1) is 18.4. The van der Waals surface area contributed by atoms with E-state index in [0.717, 1.165) is 22.6 Å². The first kappa shape index (κ1) is 25.6. The Morgan fingerprint density at radius 2 is 1.82 bits per heavy atom. The summed E-state index contributed by atoms with van der Waals surface area (Å²) in [5, 5.41) is 14.2. The molecule has 0 aromatic heterocycles. The Labute approximate surface area is 226 Å². The van der Waals surface area contributed by atoms with E-state index in [1.54, 1.807) is 49.6 Å². The molecule has 2 atom stereocenters. The topological polar surface area (TPSA) is 84.9 Å². The average Bonchev–Trinajstić information content (AvgIpc) is 2.91. The number of ketones is 1. The number of rotatable bonds is 6. The highest BCUT2D eigenvalue weighted by molar-refractivity contribution is 6.30. The molecule has 0 radical (unpaired) electrons. The van der Waals surface area contributed by atoms with Crippen molar-refractivity contribution in [2.24, 2.45) is 0 Å². The van der Waals surface area contributed by atoms with Gasteiger partial charge in [-0.1, -0.05) is 54.1 Å². The Bertz CT molecular complexity index is 1460. The Balaban J connectivity index is 1.51. The van der Waals surface area contributed by atoms with Gasteiger partial charge in [0.25, 0.3) is 0 Å². The molecule has 0 spiro atoms. The van der Waals surface area contributed by atoms with Crippen molar-refractivity contribution in [1.82, 2.24) is 5.32 Å². The summed E-state index contributed by atoms with van der Waals surface area (Å²) in [6.07, 6.45) is 0.865. The lowest BCUT2D eigenvalue weighted by Gasteiger charge is -2.37. The van der Waals surface area contributed by atoms with Gasteiger partial charge in [0, 0.05) is 40.2 Å². The van der Waals surface area contributed by atoms with E-state index in [1.807, 2.05) is 37.3 Å². The molecule has 3 aromatic rings. The second-order valence-electron chi connectivity index (χ2n) is 9.56. The van der Waals surface area contributed by atoms with Crippen LogP contribution in [0.3, 0.4) is 0 Å². The molecule has 0 amide bonds. The van der Waals surface area contributed by atoms with Crippen LogP contribution in [0, 0.1) is 0 Å². The second-order valence-corrected chi connectivity index (χ2v) is 9.99. The third-order valence-electron chi connectivity index (χ3n) is 7.11. The van der Waals surface area contributed by atoms with Crippen molar-refractivity contribution < 1.29 is 24.2 Å². The van der Waals surface area contributed by atoms with Crippen LogP contribution in [-0.4, -0.2) is 24.0 Å². The summed E-state index contributed by atoms with van der Waals surface area (Å²) >= 11 is 5.97. The summed E-state index contributed by atoms with van der Waals surface area (Å²) < 4.78 is 11.3. The number of phenolic OH excluding ortho intramolecular Hbond substituents is 1. The van der Waals surface area contributed by atoms with Crippen molar-refractivity contribution >= 4 is 23.4 Å². The van der Waals surface area contributed by atoms with Gasteiger partial charge in [0.1, 0.15) is 18.1 Å². The first-order valence-corrected chi connectivity index (χ1v) is 12.8. The monoisotopic (exact) mass is 529 g/mol. The fourth-order valence-electron chi connectivity index (χ4n) is 5.38. The number of phenols is 1. The van der Waals surface area contributed by atoms with Gasteiger partial charge in [-0.3, -0.25) is 4.79 Å². The summed E-state index contributed by atoms with van der Waals surface area (Å²) in [6.45, 7) is 1.88. The van der Waals surface area contributed by atoms with E-state index in [2.05, 4.69) is 5.32 Å². The van der Waals surface area contributed by atoms with E-state index in [0.29, 0.717) is 33.9 Å². The van der Waals surface area contributed by atoms with Crippen LogP contribution in [0.2, 0.25) is 5.02 Å². The molecule has 7 heteroatoms. The SMILES string of the molecule is COc1ccccc1C1CC(=O)C2=C(C1)NC(C)=C(C(=O)OCc1ccc(Cl)cc1)C2c1cccc(O)c1. The fraction of sp³-hybridized carbons (Fsp3) is 0.226. The molecule has 38 heavy (non-hydrogen) atoms. The minimum Gasteiger partial charge on any atom is -0.508 e. The van der Waals surface area contributed by atoms with Gasteiger partial charge in [-0.05, 0) is 60.4 Å². The maximum Gasteiger partial charge on any atom is 0.337 e. The zero-order valence-electron chi connectivity index (χ0n) is 21.2. The van der Waals surface area contributed by atoms with E-state index < -0.39 is 11.9 Å². The third-order valence-corrected chi connectivity index (χ3v) is 7.36. The number of Topliss-reactive ketones (excluding diaryl/α,β-unsaturated/α-hetero) is 1. The van der Waals surface area contributed by atoms with Gasteiger partial charge in [0.2, 0.25) is 0 Å². The van der Waals surface area contributed by atoms with Gasteiger partial charge in [-0.25, -0.2) is 4.79 Å². The van der Waals surface area contributed by atoms with Crippen molar-refractivity contribution in [3.63, 3.8) is 0 Å². The zero-order chi connectivity index (χ0) is 26.8. The first-order valence-electron chi connectivity index (χ1n) is 12.4. The Kier molecular flexibility index (Phi) is 7.25. The number of carbonyl (C=O) groups excluding carboxylic acids is 2. The zero-order valence-corrected chi connectivity index (χ0v) is 21.9. The molecule has 1 aliphatic carbocycles. The van der Waals surface area contributed by atoms with Crippen molar-refractivity contribution in [2.75, 3.05) is 7.11 Å². The second kappa shape index (κ2) is 10.8. The molecule has 6 nitrogen and oxygen atoms in total. The summed E-state index contributed by atoms with van der Waals surface area (Å²) in [5.74, 6) is -0.510. The number of aromatic hydroxyl groups is 1. The summed E-state index contributed by atoms with van der Waals surface area (Å²) in [4.78, 5) is 27.3. The number of ether oxygens (including phenoxy) is 2. The van der Waals surface area contributed by atoms with Crippen LogP contribution in [0.4, 0.5) is 0 Å². The van der Waals surface area contributed by atoms with E-state index in [-0.39, 0.29) is 30.5 Å². The van der Waals surface area contributed by atoms with Crippen LogP contribution in [-0.2, 0) is 20.9 Å². The molecule has 1 heterocycles. The smallest absolute Gasteiger partial charge is 0.337 e. The summed E-state index contributed by atoms with van der Waals surface area (Å²) in [6, 6.07) is 21.5. The number of allylic oxidation sites excluding steroid dienone is 3. The number of benzene rings is 3. The molecular formula is C31H28ClNO5. The van der Waals surface area contributed by atoms with E-state index in [9.17, 15) is 14.7 Å². The Morgan fingerprint density at radius 1 is 1.05 bits per heavy atom. The van der Waals surface area contributed by atoms with Crippen LogP contribution in [0.1, 0.15) is 48.3 Å². The van der Waals surface area contributed by atoms with Crippen LogP contribution < -0.4 is 10.1 Å². The molecular weight excluding hydrogens is 502 g/mol. The van der Waals surface area contributed by atoms with Crippen LogP contribution in [0.15, 0.2) is 95.3 Å². The highest BCUT2D eigenvalue weighted by Gasteiger charge is 2.42. The van der Waals surface area contributed by atoms with Crippen molar-refractivity contribution in [2.45, 2.75) is 38.2 Å². The van der Waals surface area contributed by atoms with E-state index in [4.69, 9.17) is 21.1 Å². The number of para-hydroxylation sites is 1. The van der Waals surface area contributed by atoms with Crippen molar-refractivity contribution in [1.29, 1.82) is 0 Å². The molecule has 5 rings (SSSR count). The van der Waals surface area contributed by atoms with Crippen molar-refractivity contribution in [3.05, 3.63) is 117 Å². The van der Waals surface area contributed by atoms with Gasteiger partial charge in [0.15, 0.2) is 5.78 Å². The lowest BCUT2D eigenvalue weighted by molar-refractivity contribution is -0.140. The molecule has 1 aliphatic heterocycles. The molecule has 2 unspecified atom stereocenters. The molecule has 2 N–H and O–H groups in total. The van der Waals surface area contributed by atoms with Gasteiger partial charge in [-0.2, -0.15) is 0 Å². The third kappa shape index (κ3) is 5.04. The number of nitrogens with one attached hydrogen (secondary N) is 1. The molecule has 3 aromatic carbocycles. The summed E-state index contributed by atoms with van der Waals surface area (Å²) in [7, 11) is 1.62. The minimum absolute atomic E-state index is 0.0569. The molecule has 0 saturated carbocycles. The standard InChI is InChI=1S/C31H28ClNO5/c1-18-28(31(36)38-17-19-10-12-22(32)13-11-19)29(20-6-5-7-23(34)14-20)30-25(33-18)15-21(16-26(30)35)24-8-3-4-9-27(24)37-2/h3-14,21,29,33-34H,15-17H2,1-2H3. The highest BCUT2D eigenvalue weighted by Crippen LogP contribution is 2.47. The minimum atomic E-state index is -0.665. The Hall–Kier alpha value is -4.03. The van der Waals surface area contributed by atoms with Gasteiger partial charge in [0.05, 0.1) is 12.7 Å². The van der Waals surface area contributed by atoms with Gasteiger partial charge < -0.3 is 19.9 Å². The number of methoxy groups -OCH3 is 1. The molecule has 2 aliphatic rings. The lowest BCUT2D eigenvalue weighted by atomic mass is 9.71. The lowest BCUT2D eigenvalue weighted by Crippen LogP contribution is -2.36. The maximum atomic E-state index is 13.8. The average molecular weight is 530 g/mol. The van der Waals surface area contributed by atoms with Crippen LogP contribution in [0.5, 0.6) is 11.5 Å². The predicted molar refractivity (Wildman–Crippen MR) is 145 cm³/mol. The number of esters is 1. The summed E-state index contributed by atoms with van der Waals surface area (Å²) in [5.41, 5.74) is 4.70. The van der Waals surface area contributed by atoms with Gasteiger partial charge in [-0.15, -0.1) is 0 Å². The molecule has 194 valence electrons. The van der Waals surface area contributed by atoms with Crippen LogP contribution >= 0.6 is 11.6 Å². The fourth-order valence-corrected chi connectivity index (χ4v) is 5.50. The number of carbonyl (C=O) groups is 2. The van der Waals surface area contributed by atoms with Crippen molar-refractivity contribution in [3.8, 4) is 11.5 Å². The Morgan fingerprint density at radius 3 is 2.55 bits per heavy atom.